The topological polar surface area (TPSA) is 93.5 Å². The van der Waals surface area contributed by atoms with E-state index in [9.17, 15) is 9.59 Å². The van der Waals surface area contributed by atoms with Crippen LogP contribution in [0, 0.1) is 0 Å². The number of rotatable bonds is 7. The number of halogens is 1. The fraction of sp³-hybridized carbons (Fsp3) is 0.250. The van der Waals surface area contributed by atoms with E-state index in [-0.39, 0.29) is 17.9 Å². The van der Waals surface area contributed by atoms with Crippen molar-refractivity contribution in [2.24, 2.45) is 0 Å². The molecule has 7 nitrogen and oxygen atoms in total. The first-order valence-electron chi connectivity index (χ1n) is 8.88. The zero-order valence-electron chi connectivity index (χ0n) is 16.1. The Kier molecular flexibility index (Phi) is 6.71. The lowest BCUT2D eigenvalue weighted by molar-refractivity contribution is -0.119. The van der Waals surface area contributed by atoms with Crippen molar-refractivity contribution in [3.05, 3.63) is 51.5 Å². The van der Waals surface area contributed by atoms with Gasteiger partial charge < -0.3 is 14.5 Å². The largest absolute Gasteiger partial charge is 0.490 e. The molecule has 152 valence electrons. The van der Waals surface area contributed by atoms with E-state index in [1.54, 1.807) is 35.7 Å². The second-order valence-electron chi connectivity index (χ2n) is 6.47. The predicted molar refractivity (Wildman–Crippen MR) is 115 cm³/mol. The summed E-state index contributed by atoms with van der Waals surface area (Å²) in [5.41, 5.74) is 1.03. The number of thiazole rings is 1. The van der Waals surface area contributed by atoms with E-state index >= 15 is 0 Å². The monoisotopic (exact) mass is 477 g/mol. The van der Waals surface area contributed by atoms with Crippen LogP contribution in [0.1, 0.15) is 36.9 Å². The molecule has 0 radical (unpaired) electrons. The van der Waals surface area contributed by atoms with Crippen molar-refractivity contribution < 1.29 is 18.7 Å². The molecular formula is C20H20BrN3O4S. The summed E-state index contributed by atoms with van der Waals surface area (Å²) >= 11 is 4.69. The number of anilines is 1. The lowest BCUT2D eigenvalue weighted by Gasteiger charge is -2.14. The van der Waals surface area contributed by atoms with Gasteiger partial charge in [0.15, 0.2) is 10.9 Å². The third-order valence-electron chi connectivity index (χ3n) is 3.70. The van der Waals surface area contributed by atoms with E-state index in [1.807, 2.05) is 13.8 Å². The number of hydrogen-bond donors (Lipinski definition) is 2. The minimum atomic E-state index is -0.306. The van der Waals surface area contributed by atoms with Crippen LogP contribution in [-0.4, -0.2) is 22.9 Å². The quantitative estimate of drug-likeness (QED) is 0.507. The molecule has 0 saturated heterocycles. The Morgan fingerprint density at radius 1 is 1.28 bits per heavy atom. The molecule has 0 fully saturated rings. The molecule has 9 heteroatoms. The van der Waals surface area contributed by atoms with Gasteiger partial charge in [0.1, 0.15) is 17.2 Å². The standard InChI is InChI=1S/C20H20BrN3O4S/c1-11(2)27-18-8-13(21)4-6-15(18)19(26)24-20-23-16(10-29-20)17-7-5-14(28-17)9-22-12(3)25/h4-8,10-11H,9H2,1-3H3,(H,22,25)(H,23,24,26). The van der Waals surface area contributed by atoms with Gasteiger partial charge in [-0.1, -0.05) is 15.9 Å². The summed E-state index contributed by atoms with van der Waals surface area (Å²) in [6.07, 6.45) is -0.0621. The van der Waals surface area contributed by atoms with Crippen LogP contribution >= 0.6 is 27.3 Å². The smallest absolute Gasteiger partial charge is 0.261 e. The van der Waals surface area contributed by atoms with Gasteiger partial charge in [-0.05, 0) is 44.2 Å². The molecule has 0 aliphatic heterocycles. The zero-order valence-corrected chi connectivity index (χ0v) is 18.5. The highest BCUT2D eigenvalue weighted by molar-refractivity contribution is 9.10. The van der Waals surface area contributed by atoms with Crippen molar-refractivity contribution in [3.63, 3.8) is 0 Å². The van der Waals surface area contributed by atoms with E-state index in [4.69, 9.17) is 9.15 Å². The van der Waals surface area contributed by atoms with Gasteiger partial charge in [-0.15, -0.1) is 11.3 Å². The van der Waals surface area contributed by atoms with Crippen molar-refractivity contribution in [2.75, 3.05) is 5.32 Å². The first-order chi connectivity index (χ1) is 13.8. The molecule has 2 aromatic heterocycles. The zero-order chi connectivity index (χ0) is 21.0. The van der Waals surface area contributed by atoms with E-state index < -0.39 is 0 Å². The van der Waals surface area contributed by atoms with E-state index in [2.05, 4.69) is 31.5 Å². The molecule has 2 N–H and O–H groups in total. The average Bonchev–Trinajstić information content (AvgIpc) is 3.28. The maximum Gasteiger partial charge on any atom is 0.261 e. The molecular weight excluding hydrogens is 458 g/mol. The van der Waals surface area contributed by atoms with E-state index in [0.717, 1.165) is 4.47 Å². The molecule has 2 heterocycles. The van der Waals surface area contributed by atoms with Crippen LogP contribution in [0.4, 0.5) is 5.13 Å². The van der Waals surface area contributed by atoms with Gasteiger partial charge in [-0.25, -0.2) is 4.98 Å². The summed E-state index contributed by atoms with van der Waals surface area (Å²) in [7, 11) is 0. The van der Waals surface area contributed by atoms with Gasteiger partial charge in [-0.2, -0.15) is 0 Å². The number of furan rings is 1. The van der Waals surface area contributed by atoms with Gasteiger partial charge in [0.05, 0.1) is 18.2 Å². The maximum atomic E-state index is 12.7. The molecule has 0 unspecified atom stereocenters. The number of ether oxygens (including phenoxy) is 1. The number of hydrogen-bond acceptors (Lipinski definition) is 6. The Bertz CT molecular complexity index is 1030. The highest BCUT2D eigenvalue weighted by Gasteiger charge is 2.17. The van der Waals surface area contributed by atoms with Gasteiger partial charge >= 0.3 is 0 Å². The van der Waals surface area contributed by atoms with Crippen molar-refractivity contribution in [1.82, 2.24) is 10.3 Å². The Labute approximate surface area is 180 Å². The fourth-order valence-corrected chi connectivity index (χ4v) is 3.50. The fourth-order valence-electron chi connectivity index (χ4n) is 2.47. The second kappa shape index (κ2) is 9.23. The minimum Gasteiger partial charge on any atom is -0.490 e. The maximum absolute atomic E-state index is 12.7. The Hall–Kier alpha value is -2.65. The molecule has 0 aliphatic rings. The number of nitrogens with zero attached hydrogens (tertiary/aromatic N) is 1. The van der Waals surface area contributed by atoms with E-state index in [1.165, 1.54) is 18.3 Å². The van der Waals surface area contributed by atoms with Gasteiger partial charge in [0.25, 0.3) is 5.91 Å². The summed E-state index contributed by atoms with van der Waals surface area (Å²) < 4.78 is 12.3. The number of nitrogens with one attached hydrogen (secondary N) is 2. The summed E-state index contributed by atoms with van der Waals surface area (Å²) in [6, 6.07) is 8.81. The van der Waals surface area contributed by atoms with Crippen LogP contribution in [-0.2, 0) is 11.3 Å². The number of carbonyl (C=O) groups is 2. The molecule has 2 amide bonds. The lowest BCUT2D eigenvalue weighted by Crippen LogP contribution is -2.18. The van der Waals surface area contributed by atoms with Crippen molar-refractivity contribution in [1.29, 1.82) is 0 Å². The molecule has 3 rings (SSSR count). The van der Waals surface area contributed by atoms with Gasteiger partial charge in [-0.3, -0.25) is 14.9 Å². The van der Waals surface area contributed by atoms with E-state index in [0.29, 0.717) is 40.2 Å². The number of carbonyl (C=O) groups excluding carboxylic acids is 2. The molecule has 0 saturated carbocycles. The number of aromatic nitrogens is 1. The summed E-state index contributed by atoms with van der Waals surface area (Å²) in [5.74, 6) is 1.25. The highest BCUT2D eigenvalue weighted by Crippen LogP contribution is 2.29. The molecule has 0 spiro atoms. The van der Waals surface area contributed by atoms with Crippen molar-refractivity contribution in [3.8, 4) is 17.2 Å². The molecule has 1 aromatic carbocycles. The molecule has 29 heavy (non-hydrogen) atoms. The predicted octanol–water partition coefficient (Wildman–Crippen LogP) is 4.84. The molecule has 0 bridgehead atoms. The van der Waals surface area contributed by atoms with Crippen LogP contribution in [0.15, 0.2) is 44.6 Å². The minimum absolute atomic E-state index is 0.0621. The van der Waals surface area contributed by atoms with Crippen molar-refractivity contribution in [2.45, 2.75) is 33.4 Å². The average molecular weight is 478 g/mol. The highest BCUT2D eigenvalue weighted by atomic mass is 79.9. The number of amides is 2. The second-order valence-corrected chi connectivity index (χ2v) is 8.25. The SMILES string of the molecule is CC(=O)NCc1ccc(-c2csc(NC(=O)c3ccc(Br)cc3OC(C)C)n2)o1. The first kappa shape index (κ1) is 21.1. The molecule has 0 atom stereocenters. The van der Waals surface area contributed by atoms with Gasteiger partial charge in [0, 0.05) is 16.8 Å². The normalized spacial score (nSPS) is 10.8. The van der Waals surface area contributed by atoms with Crippen LogP contribution in [0.25, 0.3) is 11.5 Å². The Balaban J connectivity index is 1.72. The number of benzene rings is 1. The lowest BCUT2D eigenvalue weighted by atomic mass is 10.2. The van der Waals surface area contributed by atoms with Crippen molar-refractivity contribution >= 4 is 44.2 Å². The van der Waals surface area contributed by atoms with Crippen LogP contribution in [0.2, 0.25) is 0 Å². The van der Waals surface area contributed by atoms with Crippen LogP contribution in [0.5, 0.6) is 5.75 Å². The van der Waals surface area contributed by atoms with Crippen LogP contribution in [0.3, 0.4) is 0 Å². The third kappa shape index (κ3) is 5.68. The Morgan fingerprint density at radius 2 is 2.07 bits per heavy atom. The van der Waals surface area contributed by atoms with Crippen LogP contribution < -0.4 is 15.4 Å². The Morgan fingerprint density at radius 3 is 2.79 bits per heavy atom. The molecule has 0 aliphatic carbocycles. The summed E-state index contributed by atoms with van der Waals surface area (Å²) in [6.45, 7) is 5.56. The summed E-state index contributed by atoms with van der Waals surface area (Å²) in [4.78, 5) is 28.1. The van der Waals surface area contributed by atoms with Gasteiger partial charge in [0.2, 0.25) is 5.91 Å². The molecule has 3 aromatic rings. The third-order valence-corrected chi connectivity index (χ3v) is 4.95. The first-order valence-corrected chi connectivity index (χ1v) is 10.6. The summed E-state index contributed by atoms with van der Waals surface area (Å²) in [5, 5.41) is 7.72.